The average molecular weight is 281 g/mol. The van der Waals surface area contributed by atoms with Crippen molar-refractivity contribution in [3.63, 3.8) is 0 Å². The Morgan fingerprint density at radius 2 is 1.79 bits per heavy atom. The molecular formula is C17H25ClO. The number of benzene rings is 1. The van der Waals surface area contributed by atoms with Crippen LogP contribution in [-0.2, 0) is 0 Å². The maximum absolute atomic E-state index is 6.58. The van der Waals surface area contributed by atoms with E-state index in [0.29, 0.717) is 0 Å². The topological polar surface area (TPSA) is 9.23 Å². The van der Waals surface area contributed by atoms with Gasteiger partial charge in [-0.3, -0.25) is 0 Å². The molecule has 1 aromatic carbocycles. The van der Waals surface area contributed by atoms with Gasteiger partial charge in [-0.05, 0) is 49.3 Å². The molecule has 1 unspecified atom stereocenters. The summed E-state index contributed by atoms with van der Waals surface area (Å²) < 4.78 is 5.41. The molecule has 1 aromatic rings. The van der Waals surface area contributed by atoms with E-state index in [4.69, 9.17) is 16.3 Å². The molecule has 0 saturated heterocycles. The molecule has 1 fully saturated rings. The lowest BCUT2D eigenvalue weighted by atomic mass is 9.96. The quantitative estimate of drug-likeness (QED) is 0.641. The number of hydrogen-bond acceptors (Lipinski definition) is 1. The van der Waals surface area contributed by atoms with Gasteiger partial charge < -0.3 is 4.74 Å². The molecule has 0 bridgehead atoms. The zero-order chi connectivity index (χ0) is 13.8. The van der Waals surface area contributed by atoms with E-state index >= 15 is 0 Å². The third kappa shape index (κ3) is 3.66. The smallest absolute Gasteiger partial charge is 0.124 e. The van der Waals surface area contributed by atoms with Crippen LogP contribution in [0.4, 0.5) is 0 Å². The maximum Gasteiger partial charge on any atom is 0.124 e. The fraction of sp³-hybridized carbons (Fsp3) is 0.647. The molecule has 0 spiro atoms. The molecule has 2 rings (SSSR count). The van der Waals surface area contributed by atoms with Gasteiger partial charge in [0.05, 0.1) is 12.5 Å². The second-order valence-electron chi connectivity index (χ2n) is 5.88. The highest BCUT2D eigenvalue weighted by atomic mass is 35.5. The largest absolute Gasteiger partial charge is 0.496 e. The summed E-state index contributed by atoms with van der Waals surface area (Å²) >= 11 is 6.58. The van der Waals surface area contributed by atoms with E-state index in [1.165, 1.54) is 48.8 Å². The Morgan fingerprint density at radius 3 is 2.32 bits per heavy atom. The fourth-order valence-electron chi connectivity index (χ4n) is 3.33. The van der Waals surface area contributed by atoms with Gasteiger partial charge in [0.1, 0.15) is 5.75 Å². The van der Waals surface area contributed by atoms with E-state index in [-0.39, 0.29) is 5.38 Å². The summed E-state index contributed by atoms with van der Waals surface area (Å²) in [5, 5.41) is 0.143. The van der Waals surface area contributed by atoms with Crippen molar-refractivity contribution in [3.8, 4) is 5.75 Å². The van der Waals surface area contributed by atoms with E-state index in [1.807, 2.05) is 0 Å². The average Bonchev–Trinajstić information content (AvgIpc) is 2.88. The molecule has 1 aliphatic carbocycles. The molecule has 0 N–H and O–H groups in total. The molecule has 1 saturated carbocycles. The maximum atomic E-state index is 6.58. The lowest BCUT2D eigenvalue weighted by Gasteiger charge is -2.16. The third-order valence-corrected chi connectivity index (χ3v) is 4.82. The van der Waals surface area contributed by atoms with Crippen LogP contribution in [0.2, 0.25) is 0 Å². The van der Waals surface area contributed by atoms with Crippen molar-refractivity contribution < 1.29 is 4.74 Å². The first-order valence-corrected chi connectivity index (χ1v) is 7.84. The summed E-state index contributed by atoms with van der Waals surface area (Å²) in [7, 11) is 1.73. The zero-order valence-electron chi connectivity index (χ0n) is 12.3. The SMILES string of the molecule is COc1c(C)cc(C(Cl)CCC2CCCC2)cc1C. The van der Waals surface area contributed by atoms with Crippen LogP contribution >= 0.6 is 11.6 Å². The molecule has 2 heteroatoms. The Bertz CT molecular complexity index is 398. The van der Waals surface area contributed by atoms with Crippen molar-refractivity contribution in [1.82, 2.24) is 0 Å². The highest BCUT2D eigenvalue weighted by molar-refractivity contribution is 6.20. The molecule has 106 valence electrons. The Kier molecular flexibility index (Phi) is 5.15. The monoisotopic (exact) mass is 280 g/mol. The molecule has 0 aliphatic heterocycles. The predicted octanol–water partition coefficient (Wildman–Crippen LogP) is 5.56. The van der Waals surface area contributed by atoms with E-state index in [9.17, 15) is 0 Å². The Morgan fingerprint density at radius 1 is 1.21 bits per heavy atom. The number of halogens is 1. The number of hydrogen-bond donors (Lipinski definition) is 0. The molecule has 19 heavy (non-hydrogen) atoms. The Balaban J connectivity index is 2.00. The lowest BCUT2D eigenvalue weighted by molar-refractivity contribution is 0.408. The summed E-state index contributed by atoms with van der Waals surface area (Å²) in [5.74, 6) is 1.91. The zero-order valence-corrected chi connectivity index (χ0v) is 13.1. The number of methoxy groups -OCH3 is 1. The van der Waals surface area contributed by atoms with Gasteiger partial charge in [-0.15, -0.1) is 11.6 Å². The number of ether oxygens (including phenoxy) is 1. The standard InChI is InChI=1S/C17H25ClO/c1-12-10-15(11-13(2)17(12)19-3)16(18)9-8-14-6-4-5-7-14/h10-11,14,16H,4-9H2,1-3H3. The number of rotatable bonds is 5. The highest BCUT2D eigenvalue weighted by Gasteiger charge is 2.18. The molecule has 0 radical (unpaired) electrons. The van der Waals surface area contributed by atoms with Gasteiger partial charge in [-0.25, -0.2) is 0 Å². The normalized spacial score (nSPS) is 17.7. The summed E-state index contributed by atoms with van der Waals surface area (Å²) in [6.45, 7) is 4.19. The summed E-state index contributed by atoms with van der Waals surface area (Å²) in [5.41, 5.74) is 3.61. The summed E-state index contributed by atoms with van der Waals surface area (Å²) in [6.07, 6.45) is 8.01. The van der Waals surface area contributed by atoms with Crippen LogP contribution in [0.5, 0.6) is 5.75 Å². The van der Waals surface area contributed by atoms with Gasteiger partial charge in [0.25, 0.3) is 0 Å². The first kappa shape index (κ1) is 14.7. The van der Waals surface area contributed by atoms with Gasteiger partial charge in [0, 0.05) is 0 Å². The van der Waals surface area contributed by atoms with Gasteiger partial charge in [-0.2, -0.15) is 0 Å². The van der Waals surface area contributed by atoms with Crippen LogP contribution in [-0.4, -0.2) is 7.11 Å². The van der Waals surface area contributed by atoms with Crippen molar-refractivity contribution in [2.24, 2.45) is 5.92 Å². The van der Waals surface area contributed by atoms with Crippen molar-refractivity contribution in [3.05, 3.63) is 28.8 Å². The first-order valence-electron chi connectivity index (χ1n) is 7.41. The van der Waals surface area contributed by atoms with Gasteiger partial charge in [-0.1, -0.05) is 37.8 Å². The summed E-state index contributed by atoms with van der Waals surface area (Å²) in [4.78, 5) is 0. The van der Waals surface area contributed by atoms with Crippen LogP contribution in [0.25, 0.3) is 0 Å². The minimum atomic E-state index is 0.143. The van der Waals surface area contributed by atoms with Gasteiger partial charge in [0.2, 0.25) is 0 Å². The van der Waals surface area contributed by atoms with Crippen molar-refractivity contribution in [2.75, 3.05) is 7.11 Å². The van der Waals surface area contributed by atoms with E-state index in [1.54, 1.807) is 7.11 Å². The van der Waals surface area contributed by atoms with Crippen LogP contribution in [0.1, 0.15) is 60.6 Å². The third-order valence-electron chi connectivity index (χ3n) is 4.35. The number of alkyl halides is 1. The van der Waals surface area contributed by atoms with E-state index < -0.39 is 0 Å². The number of aryl methyl sites for hydroxylation is 2. The summed E-state index contributed by atoms with van der Waals surface area (Å²) in [6, 6.07) is 4.36. The fourth-order valence-corrected chi connectivity index (χ4v) is 3.59. The Hall–Kier alpha value is -0.690. The highest BCUT2D eigenvalue weighted by Crippen LogP contribution is 2.36. The van der Waals surface area contributed by atoms with Crippen LogP contribution in [0.15, 0.2) is 12.1 Å². The van der Waals surface area contributed by atoms with Crippen molar-refractivity contribution in [2.45, 2.75) is 57.7 Å². The molecule has 0 aromatic heterocycles. The Labute approximate surface area is 122 Å². The van der Waals surface area contributed by atoms with Gasteiger partial charge >= 0.3 is 0 Å². The van der Waals surface area contributed by atoms with Crippen molar-refractivity contribution in [1.29, 1.82) is 0 Å². The molecule has 0 heterocycles. The molecular weight excluding hydrogens is 256 g/mol. The van der Waals surface area contributed by atoms with E-state index in [0.717, 1.165) is 18.1 Å². The molecule has 1 aliphatic rings. The second kappa shape index (κ2) is 6.65. The second-order valence-corrected chi connectivity index (χ2v) is 6.41. The van der Waals surface area contributed by atoms with Crippen molar-refractivity contribution >= 4 is 11.6 Å². The molecule has 1 atom stereocenters. The van der Waals surface area contributed by atoms with Gasteiger partial charge in [0.15, 0.2) is 0 Å². The first-order chi connectivity index (χ1) is 9.11. The molecule has 1 nitrogen and oxygen atoms in total. The lowest BCUT2D eigenvalue weighted by Crippen LogP contribution is -2.00. The molecule has 0 amide bonds. The minimum absolute atomic E-state index is 0.143. The van der Waals surface area contributed by atoms with E-state index in [2.05, 4.69) is 26.0 Å². The minimum Gasteiger partial charge on any atom is -0.496 e. The van der Waals surface area contributed by atoms with Crippen LogP contribution in [0.3, 0.4) is 0 Å². The van der Waals surface area contributed by atoms with Crippen LogP contribution in [0, 0.1) is 19.8 Å². The van der Waals surface area contributed by atoms with Crippen LogP contribution < -0.4 is 4.74 Å². The predicted molar refractivity (Wildman–Crippen MR) is 82.3 cm³/mol.